The fourth-order valence-electron chi connectivity index (χ4n) is 2.05. The van der Waals surface area contributed by atoms with Crippen LogP contribution in [0.2, 0.25) is 0 Å². The Morgan fingerprint density at radius 3 is 2.65 bits per heavy atom. The van der Waals surface area contributed by atoms with Crippen molar-refractivity contribution in [2.24, 2.45) is 0 Å². The Morgan fingerprint density at radius 1 is 1.45 bits per heavy atom. The fraction of sp³-hybridized carbons (Fsp3) is 0.500. The Bertz CT molecular complexity index is 476. The summed E-state index contributed by atoms with van der Waals surface area (Å²) in [6.45, 7) is 4.40. The number of hydrogen-bond acceptors (Lipinski definition) is 4. The smallest absolute Gasteiger partial charge is 0.317 e. The van der Waals surface area contributed by atoms with Crippen molar-refractivity contribution in [1.29, 1.82) is 0 Å². The first-order valence-electron chi connectivity index (χ1n) is 6.63. The maximum absolute atomic E-state index is 10.9. The summed E-state index contributed by atoms with van der Waals surface area (Å²) in [6.07, 6.45) is 1.30. The first kappa shape index (κ1) is 16.1. The number of carbonyl (C=O) groups is 1. The minimum atomic E-state index is -0.882. The number of para-hydroxylation sites is 1. The second kappa shape index (κ2) is 7.59. The van der Waals surface area contributed by atoms with Crippen LogP contribution < -0.4 is 0 Å². The van der Waals surface area contributed by atoms with Gasteiger partial charge in [-0.1, -0.05) is 25.1 Å². The second-order valence-electron chi connectivity index (χ2n) is 4.76. The number of nitrogens with zero attached hydrogens (tertiary/aromatic N) is 2. The highest BCUT2D eigenvalue weighted by atomic mass is 16.6. The van der Waals surface area contributed by atoms with Gasteiger partial charge in [-0.15, -0.1) is 0 Å². The molecule has 1 aromatic carbocycles. The number of nitro groups is 1. The molecule has 0 bridgehead atoms. The Hall–Kier alpha value is -1.95. The number of hydrogen-bond donors (Lipinski definition) is 1. The Morgan fingerprint density at radius 2 is 2.10 bits per heavy atom. The first-order chi connectivity index (χ1) is 9.45. The molecule has 1 aromatic rings. The lowest BCUT2D eigenvalue weighted by molar-refractivity contribution is -0.385. The summed E-state index contributed by atoms with van der Waals surface area (Å²) < 4.78 is 0. The summed E-state index contributed by atoms with van der Waals surface area (Å²) in [5.74, 6) is -0.882. The molecule has 0 saturated heterocycles. The van der Waals surface area contributed by atoms with Crippen LogP contribution >= 0.6 is 0 Å². The van der Waals surface area contributed by atoms with Crippen molar-refractivity contribution in [2.45, 2.75) is 32.7 Å². The normalized spacial score (nSPS) is 12.3. The van der Waals surface area contributed by atoms with Crippen LogP contribution in [0.25, 0.3) is 0 Å². The van der Waals surface area contributed by atoms with Gasteiger partial charge in [0.05, 0.1) is 11.5 Å². The van der Waals surface area contributed by atoms with Crippen molar-refractivity contribution < 1.29 is 14.8 Å². The highest BCUT2D eigenvalue weighted by molar-refractivity contribution is 5.69. The molecule has 110 valence electrons. The van der Waals surface area contributed by atoms with Crippen LogP contribution in [0, 0.1) is 10.1 Å². The molecule has 0 amide bonds. The third kappa shape index (κ3) is 4.62. The van der Waals surface area contributed by atoms with Crippen LogP contribution in [0.4, 0.5) is 5.69 Å². The van der Waals surface area contributed by atoms with E-state index in [9.17, 15) is 14.9 Å². The number of benzene rings is 1. The predicted octanol–water partition coefficient (Wildman–Crippen LogP) is 2.32. The van der Waals surface area contributed by atoms with Gasteiger partial charge in [-0.05, 0) is 19.8 Å². The topological polar surface area (TPSA) is 83.7 Å². The van der Waals surface area contributed by atoms with E-state index >= 15 is 0 Å². The summed E-state index contributed by atoms with van der Waals surface area (Å²) >= 11 is 0. The zero-order valence-corrected chi connectivity index (χ0v) is 11.8. The molecule has 0 aliphatic carbocycles. The lowest BCUT2D eigenvalue weighted by Gasteiger charge is -2.26. The van der Waals surface area contributed by atoms with Gasteiger partial charge in [0.2, 0.25) is 0 Å². The third-order valence-electron chi connectivity index (χ3n) is 3.41. The largest absolute Gasteiger partial charge is 0.480 e. The Labute approximate surface area is 118 Å². The number of carboxylic acids is 1. The van der Waals surface area contributed by atoms with Gasteiger partial charge in [0, 0.05) is 24.2 Å². The van der Waals surface area contributed by atoms with Crippen LogP contribution in [0.15, 0.2) is 24.3 Å². The highest BCUT2D eigenvalue weighted by Crippen LogP contribution is 2.19. The monoisotopic (exact) mass is 280 g/mol. The van der Waals surface area contributed by atoms with Crippen LogP contribution in [0.1, 0.15) is 25.8 Å². The molecule has 0 aliphatic heterocycles. The third-order valence-corrected chi connectivity index (χ3v) is 3.41. The summed E-state index contributed by atoms with van der Waals surface area (Å²) in [7, 11) is 0. The van der Waals surface area contributed by atoms with Crippen molar-refractivity contribution >= 4 is 11.7 Å². The molecule has 1 rings (SSSR count). The molecule has 0 aromatic heterocycles. The molecule has 0 spiro atoms. The van der Waals surface area contributed by atoms with Gasteiger partial charge in [0.25, 0.3) is 5.69 Å². The van der Waals surface area contributed by atoms with Gasteiger partial charge >= 0.3 is 5.97 Å². The summed E-state index contributed by atoms with van der Waals surface area (Å²) in [6, 6.07) is 6.71. The molecule has 6 nitrogen and oxygen atoms in total. The molecular weight excluding hydrogens is 260 g/mol. The molecule has 6 heteroatoms. The minimum Gasteiger partial charge on any atom is -0.480 e. The van der Waals surface area contributed by atoms with Gasteiger partial charge in [0.1, 0.15) is 0 Å². The maximum atomic E-state index is 10.9. The molecule has 0 aliphatic rings. The van der Waals surface area contributed by atoms with Crippen LogP contribution in [-0.2, 0) is 11.2 Å². The van der Waals surface area contributed by atoms with E-state index in [0.29, 0.717) is 18.5 Å². The average molecular weight is 280 g/mol. The van der Waals surface area contributed by atoms with Crippen LogP contribution in [0.3, 0.4) is 0 Å². The minimum absolute atomic E-state index is 0.0460. The SMILES string of the molecule is CCC(C)N(CCc1ccccc1[N+](=O)[O-])CC(=O)O. The predicted molar refractivity (Wildman–Crippen MR) is 75.8 cm³/mol. The molecule has 1 atom stereocenters. The molecular formula is C14H20N2O4. The number of carboxylic acid groups (broad SMARTS) is 1. The molecule has 1 N–H and O–H groups in total. The number of nitro benzene ring substituents is 1. The van der Waals surface area contributed by atoms with Crippen molar-refractivity contribution in [2.75, 3.05) is 13.1 Å². The zero-order valence-electron chi connectivity index (χ0n) is 11.8. The van der Waals surface area contributed by atoms with Gasteiger partial charge in [-0.25, -0.2) is 0 Å². The van der Waals surface area contributed by atoms with E-state index in [1.807, 2.05) is 18.7 Å². The maximum Gasteiger partial charge on any atom is 0.317 e. The van der Waals surface area contributed by atoms with E-state index in [4.69, 9.17) is 5.11 Å². The van der Waals surface area contributed by atoms with E-state index < -0.39 is 10.9 Å². The van der Waals surface area contributed by atoms with Gasteiger partial charge < -0.3 is 5.11 Å². The second-order valence-corrected chi connectivity index (χ2v) is 4.76. The molecule has 1 unspecified atom stereocenters. The standard InChI is InChI=1S/C14H20N2O4/c1-3-11(2)15(10-14(17)18)9-8-12-6-4-5-7-13(12)16(19)20/h4-7,11H,3,8-10H2,1-2H3,(H,17,18). The van der Waals surface area contributed by atoms with Crippen molar-refractivity contribution in [3.05, 3.63) is 39.9 Å². The molecule has 0 saturated carbocycles. The fourth-order valence-corrected chi connectivity index (χ4v) is 2.05. The van der Waals surface area contributed by atoms with E-state index in [0.717, 1.165) is 6.42 Å². The van der Waals surface area contributed by atoms with Gasteiger partial charge in [-0.3, -0.25) is 19.8 Å². The van der Waals surface area contributed by atoms with Crippen LogP contribution in [0.5, 0.6) is 0 Å². The molecule has 0 fully saturated rings. The zero-order chi connectivity index (χ0) is 15.1. The summed E-state index contributed by atoms with van der Waals surface area (Å²) in [5.41, 5.74) is 0.725. The van der Waals surface area contributed by atoms with E-state index in [1.165, 1.54) is 6.07 Å². The average Bonchev–Trinajstić information content (AvgIpc) is 2.42. The summed E-state index contributed by atoms with van der Waals surface area (Å²) in [4.78, 5) is 23.2. The lowest BCUT2D eigenvalue weighted by Crippen LogP contribution is -2.38. The molecule has 0 radical (unpaired) electrons. The van der Waals surface area contributed by atoms with E-state index in [2.05, 4.69) is 0 Å². The van der Waals surface area contributed by atoms with Crippen molar-refractivity contribution in [1.82, 2.24) is 4.90 Å². The first-order valence-corrected chi connectivity index (χ1v) is 6.63. The van der Waals surface area contributed by atoms with Gasteiger partial charge in [0.15, 0.2) is 0 Å². The number of aliphatic carboxylic acids is 1. The van der Waals surface area contributed by atoms with E-state index in [1.54, 1.807) is 18.2 Å². The summed E-state index contributed by atoms with van der Waals surface area (Å²) in [5, 5.41) is 19.9. The molecule has 0 heterocycles. The lowest BCUT2D eigenvalue weighted by atomic mass is 10.1. The van der Waals surface area contributed by atoms with Crippen molar-refractivity contribution in [3.63, 3.8) is 0 Å². The molecule has 20 heavy (non-hydrogen) atoms. The number of rotatable bonds is 8. The Kier molecular flexibility index (Phi) is 6.11. The van der Waals surface area contributed by atoms with Gasteiger partial charge in [-0.2, -0.15) is 0 Å². The quantitative estimate of drug-likeness (QED) is 0.583. The van der Waals surface area contributed by atoms with Crippen LogP contribution in [-0.4, -0.2) is 40.0 Å². The van der Waals surface area contributed by atoms with Crippen molar-refractivity contribution in [3.8, 4) is 0 Å². The van der Waals surface area contributed by atoms with E-state index in [-0.39, 0.29) is 18.3 Å². The Balaban J connectivity index is 2.77. The highest BCUT2D eigenvalue weighted by Gasteiger charge is 2.18.